The van der Waals surface area contributed by atoms with E-state index in [4.69, 9.17) is 5.11 Å². The first-order valence-electron chi connectivity index (χ1n) is 6.36. The van der Waals surface area contributed by atoms with Crippen LogP contribution in [0.4, 0.5) is 0 Å². The van der Waals surface area contributed by atoms with E-state index in [0.717, 1.165) is 24.1 Å². The first kappa shape index (κ1) is 14.9. The van der Waals surface area contributed by atoms with Crippen molar-refractivity contribution in [2.24, 2.45) is 5.92 Å². The van der Waals surface area contributed by atoms with Gasteiger partial charge in [-0.05, 0) is 36.3 Å². The van der Waals surface area contributed by atoms with E-state index in [1.165, 1.54) is 0 Å². The molecule has 1 heterocycles. The summed E-state index contributed by atoms with van der Waals surface area (Å²) < 4.78 is 0. The summed E-state index contributed by atoms with van der Waals surface area (Å²) in [7, 11) is 0. The van der Waals surface area contributed by atoms with E-state index >= 15 is 0 Å². The highest BCUT2D eigenvalue weighted by atomic mass is 32.1. The zero-order valence-electron chi connectivity index (χ0n) is 10.8. The van der Waals surface area contributed by atoms with Gasteiger partial charge in [0, 0.05) is 24.1 Å². The van der Waals surface area contributed by atoms with Gasteiger partial charge in [0.2, 0.25) is 5.91 Å². The lowest BCUT2D eigenvalue weighted by molar-refractivity contribution is -0.116. The van der Waals surface area contributed by atoms with Gasteiger partial charge in [0.15, 0.2) is 0 Å². The zero-order valence-corrected chi connectivity index (χ0v) is 11.6. The van der Waals surface area contributed by atoms with Gasteiger partial charge in [0.1, 0.15) is 0 Å². The fourth-order valence-corrected chi connectivity index (χ4v) is 2.41. The Hall–Kier alpha value is -1.13. The number of amides is 1. The molecule has 0 bridgehead atoms. The molecule has 100 valence electrons. The number of hydrogen-bond donors (Lipinski definition) is 2. The number of carbonyl (C=O) groups excluding carboxylic acids is 1. The molecular formula is C14H21NO2S. The van der Waals surface area contributed by atoms with Crippen molar-refractivity contribution in [2.45, 2.75) is 26.2 Å². The van der Waals surface area contributed by atoms with Crippen molar-refractivity contribution in [3.8, 4) is 0 Å². The fraction of sp³-hybridized carbons (Fsp3) is 0.500. The lowest BCUT2D eigenvalue weighted by atomic mass is 10.0. The Morgan fingerprint density at radius 1 is 1.56 bits per heavy atom. The van der Waals surface area contributed by atoms with Crippen LogP contribution in [0.3, 0.4) is 0 Å². The summed E-state index contributed by atoms with van der Waals surface area (Å²) >= 11 is 1.61. The average Bonchev–Trinajstić information content (AvgIpc) is 2.87. The molecule has 18 heavy (non-hydrogen) atoms. The molecule has 0 aliphatic heterocycles. The molecule has 1 amide bonds. The molecule has 1 aromatic rings. The Morgan fingerprint density at radius 2 is 2.39 bits per heavy atom. The van der Waals surface area contributed by atoms with Gasteiger partial charge in [-0.25, -0.2) is 0 Å². The van der Waals surface area contributed by atoms with Crippen LogP contribution in [-0.2, 0) is 4.79 Å². The molecule has 2 N–H and O–H groups in total. The van der Waals surface area contributed by atoms with Gasteiger partial charge in [-0.1, -0.05) is 19.4 Å². The largest absolute Gasteiger partial charge is 0.396 e. The third-order valence-corrected chi connectivity index (χ3v) is 3.58. The number of thiophene rings is 1. The second-order valence-electron chi connectivity index (χ2n) is 4.26. The molecule has 0 spiro atoms. The number of aliphatic hydroxyl groups is 1. The van der Waals surface area contributed by atoms with E-state index in [1.807, 2.05) is 23.6 Å². The average molecular weight is 267 g/mol. The SMILES string of the molecule is CCCC(CCO)CNC(=O)/C=C/c1cccs1. The first-order valence-corrected chi connectivity index (χ1v) is 7.24. The molecule has 3 nitrogen and oxygen atoms in total. The second-order valence-corrected chi connectivity index (χ2v) is 5.24. The molecule has 0 fully saturated rings. The lowest BCUT2D eigenvalue weighted by Gasteiger charge is -2.14. The minimum absolute atomic E-state index is 0.0672. The van der Waals surface area contributed by atoms with E-state index in [1.54, 1.807) is 17.4 Å². The Balaban J connectivity index is 2.30. The molecule has 0 radical (unpaired) electrons. The maximum absolute atomic E-state index is 11.6. The molecule has 0 saturated heterocycles. The minimum Gasteiger partial charge on any atom is -0.396 e. The predicted octanol–water partition coefficient (Wildman–Crippen LogP) is 2.68. The third-order valence-electron chi connectivity index (χ3n) is 2.74. The summed E-state index contributed by atoms with van der Waals surface area (Å²) in [5.74, 6) is 0.307. The van der Waals surface area contributed by atoms with Crippen molar-refractivity contribution in [1.29, 1.82) is 0 Å². The second kappa shape index (κ2) is 8.89. The molecule has 0 aliphatic carbocycles. The molecule has 4 heteroatoms. The molecule has 0 aromatic carbocycles. The Morgan fingerprint density at radius 3 is 3.00 bits per heavy atom. The third kappa shape index (κ3) is 5.98. The summed E-state index contributed by atoms with van der Waals surface area (Å²) in [4.78, 5) is 12.7. The summed E-state index contributed by atoms with van der Waals surface area (Å²) in [6.45, 7) is 2.94. The smallest absolute Gasteiger partial charge is 0.244 e. The van der Waals surface area contributed by atoms with Crippen molar-refractivity contribution in [3.05, 3.63) is 28.5 Å². The van der Waals surface area contributed by atoms with Crippen molar-refractivity contribution < 1.29 is 9.90 Å². The summed E-state index contributed by atoms with van der Waals surface area (Å²) in [6.07, 6.45) is 6.25. The van der Waals surface area contributed by atoms with E-state index in [0.29, 0.717) is 12.5 Å². The number of rotatable bonds is 8. The van der Waals surface area contributed by atoms with Crippen LogP contribution in [-0.4, -0.2) is 24.2 Å². The molecule has 1 aromatic heterocycles. The molecule has 1 atom stereocenters. The highest BCUT2D eigenvalue weighted by Crippen LogP contribution is 2.11. The zero-order chi connectivity index (χ0) is 13.2. The van der Waals surface area contributed by atoms with Crippen LogP contribution in [0, 0.1) is 5.92 Å². The van der Waals surface area contributed by atoms with Crippen LogP contribution in [0.2, 0.25) is 0 Å². The highest BCUT2D eigenvalue weighted by molar-refractivity contribution is 7.10. The highest BCUT2D eigenvalue weighted by Gasteiger charge is 2.07. The molecule has 0 saturated carbocycles. The first-order chi connectivity index (χ1) is 8.76. The van der Waals surface area contributed by atoms with Gasteiger partial charge in [-0.3, -0.25) is 4.79 Å². The van der Waals surface area contributed by atoms with Crippen LogP contribution in [0.5, 0.6) is 0 Å². The van der Waals surface area contributed by atoms with Crippen molar-refractivity contribution in [2.75, 3.05) is 13.2 Å². The van der Waals surface area contributed by atoms with E-state index in [9.17, 15) is 4.79 Å². The van der Waals surface area contributed by atoms with Crippen LogP contribution >= 0.6 is 11.3 Å². The normalized spacial score (nSPS) is 12.8. The monoisotopic (exact) mass is 267 g/mol. The molecular weight excluding hydrogens is 246 g/mol. The Labute approximate surface area is 113 Å². The summed E-state index contributed by atoms with van der Waals surface area (Å²) in [5.41, 5.74) is 0. The van der Waals surface area contributed by atoms with E-state index in [2.05, 4.69) is 12.2 Å². The van der Waals surface area contributed by atoms with Gasteiger partial charge in [0.05, 0.1) is 0 Å². The van der Waals surface area contributed by atoms with Crippen molar-refractivity contribution in [3.63, 3.8) is 0 Å². The Bertz CT molecular complexity index is 354. The van der Waals surface area contributed by atoms with Crippen LogP contribution in [0.1, 0.15) is 31.1 Å². The van der Waals surface area contributed by atoms with Gasteiger partial charge in [-0.15, -0.1) is 11.3 Å². The van der Waals surface area contributed by atoms with Gasteiger partial charge < -0.3 is 10.4 Å². The summed E-state index contributed by atoms with van der Waals surface area (Å²) in [6, 6.07) is 3.93. The van der Waals surface area contributed by atoms with Crippen LogP contribution in [0.15, 0.2) is 23.6 Å². The number of nitrogens with one attached hydrogen (secondary N) is 1. The van der Waals surface area contributed by atoms with Crippen molar-refractivity contribution in [1.82, 2.24) is 5.32 Å². The van der Waals surface area contributed by atoms with Gasteiger partial charge >= 0.3 is 0 Å². The van der Waals surface area contributed by atoms with Crippen LogP contribution < -0.4 is 5.32 Å². The Kier molecular flexibility index (Phi) is 7.37. The van der Waals surface area contributed by atoms with Crippen LogP contribution in [0.25, 0.3) is 6.08 Å². The standard InChI is InChI=1S/C14H21NO2S/c1-2-4-12(8-9-16)11-15-14(17)7-6-13-5-3-10-18-13/h3,5-7,10,12,16H,2,4,8-9,11H2,1H3,(H,15,17)/b7-6+. The fourth-order valence-electron chi connectivity index (χ4n) is 1.79. The van der Waals surface area contributed by atoms with E-state index in [-0.39, 0.29) is 12.5 Å². The number of carbonyl (C=O) groups is 1. The van der Waals surface area contributed by atoms with Gasteiger partial charge in [-0.2, -0.15) is 0 Å². The maximum Gasteiger partial charge on any atom is 0.244 e. The minimum atomic E-state index is -0.0672. The molecule has 0 aliphatic rings. The van der Waals surface area contributed by atoms with Gasteiger partial charge in [0.25, 0.3) is 0 Å². The molecule has 1 rings (SSSR count). The molecule has 1 unspecified atom stereocenters. The lowest BCUT2D eigenvalue weighted by Crippen LogP contribution is -2.28. The predicted molar refractivity (Wildman–Crippen MR) is 76.5 cm³/mol. The van der Waals surface area contributed by atoms with E-state index < -0.39 is 0 Å². The summed E-state index contributed by atoms with van der Waals surface area (Å²) in [5, 5.41) is 13.8. The maximum atomic E-state index is 11.6. The van der Waals surface area contributed by atoms with Crippen molar-refractivity contribution >= 4 is 23.3 Å². The number of aliphatic hydroxyl groups excluding tert-OH is 1. The quantitative estimate of drug-likeness (QED) is 0.711. The number of hydrogen-bond acceptors (Lipinski definition) is 3. The topological polar surface area (TPSA) is 49.3 Å².